The zero-order valence-electron chi connectivity index (χ0n) is 9.34. The van der Waals surface area contributed by atoms with E-state index in [0.29, 0.717) is 5.69 Å². The highest BCUT2D eigenvalue weighted by Gasteiger charge is 2.21. The van der Waals surface area contributed by atoms with Crippen LogP contribution in [0.3, 0.4) is 0 Å². The molecule has 1 aliphatic heterocycles. The second-order valence-electron chi connectivity index (χ2n) is 4.19. The molecule has 0 radical (unpaired) electrons. The predicted octanol–water partition coefficient (Wildman–Crippen LogP) is 0.925. The third kappa shape index (κ3) is 2.33. The number of pyridine rings is 1. The van der Waals surface area contributed by atoms with Crippen LogP contribution in [0.25, 0.3) is 0 Å². The van der Waals surface area contributed by atoms with Crippen LogP contribution in [0.15, 0.2) is 18.3 Å². The van der Waals surface area contributed by atoms with Crippen molar-refractivity contribution in [3.63, 3.8) is 0 Å². The van der Waals surface area contributed by atoms with Crippen LogP contribution in [0.1, 0.15) is 25.0 Å². The molecule has 1 aromatic heterocycles. The minimum Gasteiger partial charge on any atom is -0.394 e. The minimum absolute atomic E-state index is 0.0362. The first kappa shape index (κ1) is 11.4. The van der Waals surface area contributed by atoms with Crippen molar-refractivity contribution in [1.29, 1.82) is 0 Å². The molecule has 0 aliphatic carbocycles. The molecular formula is C12H18N2O2. The van der Waals surface area contributed by atoms with Crippen LogP contribution in [-0.4, -0.2) is 34.4 Å². The topological polar surface area (TPSA) is 56.6 Å². The molecule has 0 saturated carbocycles. The van der Waals surface area contributed by atoms with Gasteiger partial charge in [-0.05, 0) is 31.4 Å². The molecule has 1 atom stereocenters. The van der Waals surface area contributed by atoms with E-state index in [1.54, 1.807) is 6.20 Å². The zero-order chi connectivity index (χ0) is 11.4. The predicted molar refractivity (Wildman–Crippen MR) is 62.2 cm³/mol. The fraction of sp³-hybridized carbons (Fsp3) is 0.583. The van der Waals surface area contributed by atoms with Gasteiger partial charge in [-0.3, -0.25) is 4.98 Å². The minimum atomic E-state index is -0.0362. The van der Waals surface area contributed by atoms with Gasteiger partial charge in [-0.1, -0.05) is 0 Å². The largest absolute Gasteiger partial charge is 0.394 e. The average Bonchev–Trinajstić information content (AvgIpc) is 2.38. The van der Waals surface area contributed by atoms with Crippen molar-refractivity contribution < 1.29 is 10.2 Å². The molecule has 16 heavy (non-hydrogen) atoms. The lowest BCUT2D eigenvalue weighted by molar-refractivity contribution is 0.240. The quantitative estimate of drug-likeness (QED) is 0.798. The molecule has 4 nitrogen and oxygen atoms in total. The summed E-state index contributed by atoms with van der Waals surface area (Å²) in [5.41, 5.74) is 1.73. The lowest BCUT2D eigenvalue weighted by Gasteiger charge is -2.36. The smallest absolute Gasteiger partial charge is 0.0853 e. The Morgan fingerprint density at radius 1 is 1.38 bits per heavy atom. The standard InChI is InChI=1S/C12H18N2O2/c15-8-10-7-11(4-5-13-10)14-6-2-1-3-12(14)9-16/h4-5,7,12,15-16H,1-3,6,8-9H2. The lowest BCUT2D eigenvalue weighted by atomic mass is 10.0. The molecule has 2 heterocycles. The molecule has 1 unspecified atom stereocenters. The third-order valence-corrected chi connectivity index (χ3v) is 3.13. The molecule has 88 valence electrons. The molecule has 4 heteroatoms. The van der Waals surface area contributed by atoms with Gasteiger partial charge in [0.15, 0.2) is 0 Å². The van der Waals surface area contributed by atoms with Crippen molar-refractivity contribution in [2.75, 3.05) is 18.1 Å². The molecule has 1 fully saturated rings. The zero-order valence-corrected chi connectivity index (χ0v) is 9.34. The van der Waals surface area contributed by atoms with Gasteiger partial charge >= 0.3 is 0 Å². The van der Waals surface area contributed by atoms with E-state index in [1.165, 1.54) is 6.42 Å². The highest BCUT2D eigenvalue weighted by atomic mass is 16.3. The van der Waals surface area contributed by atoms with Gasteiger partial charge < -0.3 is 15.1 Å². The summed E-state index contributed by atoms with van der Waals surface area (Å²) in [6, 6.07) is 4.05. The first-order valence-corrected chi connectivity index (χ1v) is 5.78. The summed E-state index contributed by atoms with van der Waals surface area (Å²) in [5, 5.41) is 18.4. The molecule has 0 bridgehead atoms. The second-order valence-corrected chi connectivity index (χ2v) is 4.19. The van der Waals surface area contributed by atoms with E-state index in [2.05, 4.69) is 9.88 Å². The van der Waals surface area contributed by atoms with Crippen LogP contribution >= 0.6 is 0 Å². The number of nitrogens with zero attached hydrogens (tertiary/aromatic N) is 2. The number of piperidine rings is 1. The highest BCUT2D eigenvalue weighted by molar-refractivity contribution is 5.48. The molecule has 0 aromatic carbocycles. The fourth-order valence-corrected chi connectivity index (χ4v) is 2.26. The first-order chi connectivity index (χ1) is 7.85. The molecule has 2 N–H and O–H groups in total. The Labute approximate surface area is 95.5 Å². The van der Waals surface area contributed by atoms with Crippen LogP contribution in [0.4, 0.5) is 5.69 Å². The maximum absolute atomic E-state index is 9.34. The Hall–Kier alpha value is -1.13. The molecule has 0 spiro atoms. The van der Waals surface area contributed by atoms with E-state index in [1.807, 2.05) is 12.1 Å². The summed E-state index contributed by atoms with van der Waals surface area (Å²) in [6.07, 6.45) is 5.09. The first-order valence-electron chi connectivity index (χ1n) is 5.78. The van der Waals surface area contributed by atoms with E-state index < -0.39 is 0 Å². The van der Waals surface area contributed by atoms with Crippen LogP contribution in [0.5, 0.6) is 0 Å². The van der Waals surface area contributed by atoms with Gasteiger partial charge in [-0.25, -0.2) is 0 Å². The lowest BCUT2D eigenvalue weighted by Crippen LogP contribution is -2.41. The number of hydrogen-bond donors (Lipinski definition) is 2. The summed E-state index contributed by atoms with van der Waals surface area (Å²) in [7, 11) is 0. The SMILES string of the molecule is OCc1cc(N2CCCCC2CO)ccn1. The molecule has 1 saturated heterocycles. The van der Waals surface area contributed by atoms with E-state index in [9.17, 15) is 5.11 Å². The van der Waals surface area contributed by atoms with Gasteiger partial charge in [0.25, 0.3) is 0 Å². The third-order valence-electron chi connectivity index (χ3n) is 3.13. The van der Waals surface area contributed by atoms with Gasteiger partial charge in [0.2, 0.25) is 0 Å². The Bertz CT molecular complexity index is 344. The monoisotopic (exact) mass is 222 g/mol. The van der Waals surface area contributed by atoms with Gasteiger partial charge in [-0.15, -0.1) is 0 Å². The summed E-state index contributed by atoms with van der Waals surface area (Å²) >= 11 is 0. The molecule has 0 amide bonds. The molecular weight excluding hydrogens is 204 g/mol. The van der Waals surface area contributed by atoms with Crippen molar-refractivity contribution in [2.45, 2.75) is 31.9 Å². The van der Waals surface area contributed by atoms with Crippen molar-refractivity contribution in [1.82, 2.24) is 4.98 Å². The van der Waals surface area contributed by atoms with Crippen LogP contribution in [-0.2, 0) is 6.61 Å². The number of aliphatic hydroxyl groups excluding tert-OH is 2. The van der Waals surface area contributed by atoms with Gasteiger partial charge in [0.05, 0.1) is 24.9 Å². The van der Waals surface area contributed by atoms with Gasteiger partial charge in [0, 0.05) is 18.4 Å². The van der Waals surface area contributed by atoms with E-state index >= 15 is 0 Å². The Morgan fingerprint density at radius 3 is 3.00 bits per heavy atom. The van der Waals surface area contributed by atoms with Crippen molar-refractivity contribution in [3.8, 4) is 0 Å². The summed E-state index contributed by atoms with van der Waals surface area (Å²) in [6.45, 7) is 1.13. The van der Waals surface area contributed by atoms with Crippen molar-refractivity contribution in [2.24, 2.45) is 0 Å². The normalized spacial score (nSPS) is 21.1. The fourth-order valence-electron chi connectivity index (χ4n) is 2.26. The number of rotatable bonds is 3. The second kappa shape index (κ2) is 5.27. The maximum Gasteiger partial charge on any atom is 0.0853 e. The summed E-state index contributed by atoms with van der Waals surface area (Å²) in [5.74, 6) is 0. The summed E-state index contributed by atoms with van der Waals surface area (Å²) < 4.78 is 0. The van der Waals surface area contributed by atoms with Crippen LogP contribution < -0.4 is 4.90 Å². The van der Waals surface area contributed by atoms with E-state index in [4.69, 9.17) is 5.11 Å². The maximum atomic E-state index is 9.34. The van der Waals surface area contributed by atoms with Gasteiger partial charge in [-0.2, -0.15) is 0 Å². The number of aliphatic hydroxyl groups is 2. The average molecular weight is 222 g/mol. The Morgan fingerprint density at radius 2 is 2.25 bits per heavy atom. The summed E-state index contributed by atoms with van der Waals surface area (Å²) in [4.78, 5) is 6.28. The molecule has 2 rings (SSSR count). The van der Waals surface area contributed by atoms with Crippen molar-refractivity contribution in [3.05, 3.63) is 24.0 Å². The van der Waals surface area contributed by atoms with Crippen molar-refractivity contribution >= 4 is 5.69 Å². The van der Waals surface area contributed by atoms with E-state index in [-0.39, 0.29) is 19.3 Å². The molecule has 1 aromatic rings. The molecule has 1 aliphatic rings. The Kier molecular flexibility index (Phi) is 3.74. The van der Waals surface area contributed by atoms with Gasteiger partial charge in [0.1, 0.15) is 0 Å². The Balaban J connectivity index is 2.20. The number of aromatic nitrogens is 1. The van der Waals surface area contributed by atoms with Crippen LogP contribution in [0, 0.1) is 0 Å². The highest BCUT2D eigenvalue weighted by Crippen LogP contribution is 2.24. The number of hydrogen-bond acceptors (Lipinski definition) is 4. The van der Waals surface area contributed by atoms with E-state index in [0.717, 1.165) is 25.1 Å². The van der Waals surface area contributed by atoms with Crippen LogP contribution in [0.2, 0.25) is 0 Å². The number of anilines is 1.